The van der Waals surface area contributed by atoms with Crippen LogP contribution in [0, 0.1) is 13.8 Å². The van der Waals surface area contributed by atoms with Crippen molar-refractivity contribution in [2.75, 3.05) is 11.9 Å². The van der Waals surface area contributed by atoms with Crippen LogP contribution < -0.4 is 15.8 Å². The van der Waals surface area contributed by atoms with Crippen LogP contribution in [0.5, 0.6) is 5.75 Å². The Balaban J connectivity index is 2.05. The maximum absolute atomic E-state index is 12.3. The maximum Gasteiger partial charge on any atom is 0.422 e. The van der Waals surface area contributed by atoms with E-state index in [0.717, 1.165) is 16.8 Å². The molecule has 0 aliphatic heterocycles. The van der Waals surface area contributed by atoms with Gasteiger partial charge in [0.15, 0.2) is 12.6 Å². The second kappa shape index (κ2) is 7.92. The van der Waals surface area contributed by atoms with Gasteiger partial charge < -0.3 is 15.8 Å². The predicted molar refractivity (Wildman–Crippen MR) is 92.9 cm³/mol. The number of aryl methyl sites for hydroxylation is 2. The number of guanidine groups is 1. The van der Waals surface area contributed by atoms with Gasteiger partial charge in [-0.05, 0) is 43.2 Å². The first kappa shape index (κ1) is 18.6. The summed E-state index contributed by atoms with van der Waals surface area (Å²) in [6.07, 6.45) is -4.39. The third-order valence-electron chi connectivity index (χ3n) is 3.28. The third kappa shape index (κ3) is 6.37. The fourth-order valence-corrected chi connectivity index (χ4v) is 2.34. The Morgan fingerprint density at radius 2 is 1.76 bits per heavy atom. The number of alkyl halides is 3. The monoisotopic (exact) mass is 351 g/mol. The molecule has 7 heteroatoms. The molecule has 0 radical (unpaired) electrons. The summed E-state index contributed by atoms with van der Waals surface area (Å²) in [5, 5.41) is 2.98. The van der Waals surface area contributed by atoms with Crippen molar-refractivity contribution < 1.29 is 17.9 Å². The number of aliphatic imine (C=N–C) groups is 1. The zero-order valence-corrected chi connectivity index (χ0v) is 14.0. The van der Waals surface area contributed by atoms with Crippen LogP contribution in [0.1, 0.15) is 16.7 Å². The topological polar surface area (TPSA) is 59.6 Å². The molecular weight excluding hydrogens is 331 g/mol. The number of ether oxygens (including phenoxy) is 1. The number of nitrogens with zero attached hydrogens (tertiary/aromatic N) is 1. The summed E-state index contributed by atoms with van der Waals surface area (Å²) in [5.41, 5.74) is 9.36. The lowest BCUT2D eigenvalue weighted by Crippen LogP contribution is -2.23. The molecule has 2 aromatic carbocycles. The van der Waals surface area contributed by atoms with Gasteiger partial charge in [-0.1, -0.05) is 24.3 Å². The standard InChI is InChI=1S/C18H20F3N3O/c1-12-7-13(2)9-15(8-12)24-17(22)23-10-14-5-3-4-6-16(14)25-11-18(19,20)21/h3-9H,10-11H2,1-2H3,(H3,22,23,24). The smallest absolute Gasteiger partial charge is 0.422 e. The van der Waals surface area contributed by atoms with Gasteiger partial charge in [0.25, 0.3) is 0 Å². The molecule has 0 aliphatic rings. The molecule has 2 aromatic rings. The van der Waals surface area contributed by atoms with Crippen LogP contribution in [0.25, 0.3) is 0 Å². The summed E-state index contributed by atoms with van der Waals surface area (Å²) in [4.78, 5) is 4.18. The lowest BCUT2D eigenvalue weighted by molar-refractivity contribution is -0.153. The Kier molecular flexibility index (Phi) is 5.90. The molecule has 0 saturated carbocycles. The molecule has 0 atom stereocenters. The van der Waals surface area contributed by atoms with Crippen LogP contribution >= 0.6 is 0 Å². The van der Waals surface area contributed by atoms with Crippen molar-refractivity contribution in [3.8, 4) is 5.75 Å². The average Bonchev–Trinajstić information content (AvgIpc) is 2.50. The number of nitrogens with one attached hydrogen (secondary N) is 1. The first-order valence-corrected chi connectivity index (χ1v) is 7.65. The fraction of sp³-hybridized carbons (Fsp3) is 0.278. The Bertz CT molecular complexity index is 737. The van der Waals surface area contributed by atoms with Gasteiger partial charge >= 0.3 is 6.18 Å². The predicted octanol–water partition coefficient (Wildman–Crippen LogP) is 4.17. The molecular formula is C18H20F3N3O. The molecule has 4 nitrogen and oxygen atoms in total. The van der Waals surface area contributed by atoms with E-state index >= 15 is 0 Å². The van der Waals surface area contributed by atoms with E-state index in [1.165, 1.54) is 6.07 Å². The van der Waals surface area contributed by atoms with Crippen LogP contribution in [0.3, 0.4) is 0 Å². The normalized spacial score (nSPS) is 12.1. The van der Waals surface area contributed by atoms with Gasteiger partial charge in [-0.3, -0.25) is 0 Å². The van der Waals surface area contributed by atoms with Gasteiger partial charge in [0.05, 0.1) is 6.54 Å². The van der Waals surface area contributed by atoms with Crippen molar-refractivity contribution in [3.05, 3.63) is 59.2 Å². The van der Waals surface area contributed by atoms with Gasteiger partial charge in [-0.15, -0.1) is 0 Å². The average molecular weight is 351 g/mol. The molecule has 0 saturated heterocycles. The lowest BCUT2D eigenvalue weighted by atomic mass is 10.1. The zero-order valence-electron chi connectivity index (χ0n) is 14.0. The number of nitrogens with two attached hydrogens (primary N) is 1. The molecule has 0 spiro atoms. The van der Waals surface area contributed by atoms with E-state index in [1.54, 1.807) is 18.2 Å². The quantitative estimate of drug-likeness (QED) is 0.628. The summed E-state index contributed by atoms with van der Waals surface area (Å²) >= 11 is 0. The molecule has 0 amide bonds. The van der Waals surface area contributed by atoms with Crippen molar-refractivity contribution in [2.45, 2.75) is 26.6 Å². The summed E-state index contributed by atoms with van der Waals surface area (Å²) in [6, 6.07) is 12.3. The number of hydrogen-bond donors (Lipinski definition) is 2. The van der Waals surface area contributed by atoms with Crippen molar-refractivity contribution >= 4 is 11.6 Å². The van der Waals surface area contributed by atoms with E-state index in [2.05, 4.69) is 10.3 Å². The van der Waals surface area contributed by atoms with E-state index in [0.29, 0.717) is 5.56 Å². The minimum absolute atomic E-state index is 0.109. The second-order valence-corrected chi connectivity index (χ2v) is 5.71. The zero-order chi connectivity index (χ0) is 18.4. The first-order valence-electron chi connectivity index (χ1n) is 7.65. The van der Waals surface area contributed by atoms with Crippen molar-refractivity contribution in [3.63, 3.8) is 0 Å². The molecule has 0 aromatic heterocycles. The summed E-state index contributed by atoms with van der Waals surface area (Å²) in [5.74, 6) is 0.318. The number of hydrogen-bond acceptors (Lipinski definition) is 2. The molecule has 25 heavy (non-hydrogen) atoms. The van der Waals surface area contributed by atoms with Gasteiger partial charge in [-0.2, -0.15) is 13.2 Å². The van der Waals surface area contributed by atoms with E-state index < -0.39 is 12.8 Å². The highest BCUT2D eigenvalue weighted by Gasteiger charge is 2.28. The summed E-state index contributed by atoms with van der Waals surface area (Å²) in [7, 11) is 0. The number of anilines is 1. The van der Waals surface area contributed by atoms with Crippen LogP contribution in [0.2, 0.25) is 0 Å². The minimum atomic E-state index is -4.39. The van der Waals surface area contributed by atoms with Gasteiger partial charge in [0, 0.05) is 11.3 Å². The SMILES string of the molecule is Cc1cc(C)cc(NC(N)=NCc2ccccc2OCC(F)(F)F)c1. The van der Waals surface area contributed by atoms with Gasteiger partial charge in [-0.25, -0.2) is 4.99 Å². The van der Waals surface area contributed by atoms with Crippen LogP contribution in [0.4, 0.5) is 18.9 Å². The Hall–Kier alpha value is -2.70. The Morgan fingerprint density at radius 3 is 2.40 bits per heavy atom. The third-order valence-corrected chi connectivity index (χ3v) is 3.28. The number of benzene rings is 2. The molecule has 0 bridgehead atoms. The molecule has 0 fully saturated rings. The molecule has 2 rings (SSSR count). The van der Waals surface area contributed by atoms with Crippen LogP contribution in [-0.2, 0) is 6.54 Å². The van der Waals surface area contributed by atoms with E-state index in [1.807, 2.05) is 32.0 Å². The number of para-hydroxylation sites is 1. The second-order valence-electron chi connectivity index (χ2n) is 5.71. The summed E-state index contributed by atoms with van der Waals surface area (Å²) in [6.45, 7) is 2.71. The molecule has 3 N–H and O–H groups in total. The molecule has 134 valence electrons. The van der Waals surface area contributed by atoms with E-state index in [4.69, 9.17) is 10.5 Å². The van der Waals surface area contributed by atoms with Gasteiger partial charge in [0.1, 0.15) is 5.75 Å². The van der Waals surface area contributed by atoms with E-state index in [-0.39, 0.29) is 18.3 Å². The number of rotatable bonds is 5. The highest BCUT2D eigenvalue weighted by molar-refractivity contribution is 5.92. The Morgan fingerprint density at radius 1 is 1.12 bits per heavy atom. The van der Waals surface area contributed by atoms with Crippen molar-refractivity contribution in [1.82, 2.24) is 0 Å². The molecule has 0 heterocycles. The highest BCUT2D eigenvalue weighted by atomic mass is 19.4. The van der Waals surface area contributed by atoms with Crippen molar-refractivity contribution in [1.29, 1.82) is 0 Å². The maximum atomic E-state index is 12.3. The summed E-state index contributed by atoms with van der Waals surface area (Å²) < 4.78 is 41.8. The van der Waals surface area contributed by atoms with Crippen LogP contribution in [0.15, 0.2) is 47.5 Å². The molecule has 0 aliphatic carbocycles. The highest BCUT2D eigenvalue weighted by Crippen LogP contribution is 2.22. The molecule has 0 unspecified atom stereocenters. The van der Waals surface area contributed by atoms with Gasteiger partial charge in [0.2, 0.25) is 0 Å². The largest absolute Gasteiger partial charge is 0.484 e. The first-order chi connectivity index (χ1) is 11.7. The lowest BCUT2D eigenvalue weighted by Gasteiger charge is -2.12. The Labute approximate surface area is 144 Å². The van der Waals surface area contributed by atoms with Crippen LogP contribution in [-0.4, -0.2) is 18.7 Å². The minimum Gasteiger partial charge on any atom is -0.484 e. The van der Waals surface area contributed by atoms with E-state index in [9.17, 15) is 13.2 Å². The fourth-order valence-electron chi connectivity index (χ4n) is 2.34. The number of halogens is 3. The van der Waals surface area contributed by atoms with Crippen molar-refractivity contribution in [2.24, 2.45) is 10.7 Å².